The fraction of sp³-hybridized carbons (Fsp3) is 0.273. The maximum Gasteiger partial charge on any atom is 0.338 e. The molecule has 2 aromatic carbocycles. The van der Waals surface area contributed by atoms with Gasteiger partial charge >= 0.3 is 12.0 Å². The van der Waals surface area contributed by atoms with Crippen molar-refractivity contribution in [1.82, 2.24) is 10.6 Å². The third-order valence-electron chi connectivity index (χ3n) is 4.69. The van der Waals surface area contributed by atoms with E-state index >= 15 is 0 Å². The van der Waals surface area contributed by atoms with E-state index in [9.17, 15) is 9.59 Å². The zero-order valence-corrected chi connectivity index (χ0v) is 16.4. The second-order valence-electron chi connectivity index (χ2n) is 6.72. The maximum atomic E-state index is 12.4. The number of urea groups is 1. The number of esters is 1. The Hall–Kier alpha value is -3.28. The quantitative estimate of drug-likeness (QED) is 0.754. The van der Waals surface area contributed by atoms with Crippen LogP contribution in [0.25, 0.3) is 0 Å². The second kappa shape index (κ2) is 8.61. The summed E-state index contributed by atoms with van der Waals surface area (Å²) in [4.78, 5) is 26.5. The Balaban J connectivity index is 1.82. The van der Waals surface area contributed by atoms with Gasteiger partial charge < -0.3 is 20.3 Å². The van der Waals surface area contributed by atoms with Gasteiger partial charge in [0.25, 0.3) is 0 Å². The van der Waals surface area contributed by atoms with Crippen molar-refractivity contribution in [2.45, 2.75) is 26.4 Å². The summed E-state index contributed by atoms with van der Waals surface area (Å²) in [5, 5.41) is 5.46. The zero-order valence-electron chi connectivity index (χ0n) is 16.4. The molecule has 1 unspecified atom stereocenters. The molecule has 0 saturated heterocycles. The van der Waals surface area contributed by atoms with Gasteiger partial charge in [-0.2, -0.15) is 0 Å². The summed E-state index contributed by atoms with van der Waals surface area (Å²) in [5.74, 6) is -0.428. The molecule has 2 N–H and O–H groups in total. The molecule has 146 valence electrons. The van der Waals surface area contributed by atoms with Gasteiger partial charge in [-0.1, -0.05) is 42.5 Å². The van der Waals surface area contributed by atoms with Crippen molar-refractivity contribution in [3.63, 3.8) is 0 Å². The lowest BCUT2D eigenvalue weighted by Gasteiger charge is -2.28. The van der Waals surface area contributed by atoms with Gasteiger partial charge in [0.15, 0.2) is 0 Å². The molecule has 0 fully saturated rings. The summed E-state index contributed by atoms with van der Waals surface area (Å²) in [6, 6.07) is 17.2. The Bertz CT molecular complexity index is 876. The molecular formula is C22H25N3O3. The standard InChI is InChI=1S/C22H25N3O3/c1-4-28-21(26)19-15(2)23-22(27)24-20(19)17-10-12-18(13-11-17)25(3)14-16-8-6-5-7-9-16/h5-13,20H,4,14H2,1-3H3,(H2,23,24,27). The molecule has 6 nitrogen and oxygen atoms in total. The van der Waals surface area contributed by atoms with Crippen LogP contribution in [0.2, 0.25) is 0 Å². The highest BCUT2D eigenvalue weighted by atomic mass is 16.5. The number of carbonyl (C=O) groups is 2. The Labute approximate surface area is 165 Å². The second-order valence-corrected chi connectivity index (χ2v) is 6.72. The Kier molecular flexibility index (Phi) is 5.99. The van der Waals surface area contributed by atoms with Crippen molar-refractivity contribution in [3.8, 4) is 0 Å². The van der Waals surface area contributed by atoms with Crippen LogP contribution in [0.3, 0.4) is 0 Å². The number of hydrogen-bond acceptors (Lipinski definition) is 4. The molecular weight excluding hydrogens is 354 g/mol. The molecule has 2 aromatic rings. The van der Waals surface area contributed by atoms with Crippen LogP contribution in [0.1, 0.15) is 31.0 Å². The number of benzene rings is 2. The third-order valence-corrected chi connectivity index (χ3v) is 4.69. The van der Waals surface area contributed by atoms with Gasteiger partial charge in [0, 0.05) is 25.0 Å². The lowest BCUT2D eigenvalue weighted by molar-refractivity contribution is -0.139. The van der Waals surface area contributed by atoms with Crippen LogP contribution in [0, 0.1) is 0 Å². The number of rotatable bonds is 6. The lowest BCUT2D eigenvalue weighted by Crippen LogP contribution is -2.45. The van der Waals surface area contributed by atoms with Gasteiger partial charge in [-0.05, 0) is 37.1 Å². The molecule has 0 spiro atoms. The Morgan fingerprint density at radius 1 is 1.11 bits per heavy atom. The van der Waals surface area contributed by atoms with Crippen LogP contribution >= 0.6 is 0 Å². The summed E-state index contributed by atoms with van der Waals surface area (Å²) in [7, 11) is 2.03. The first-order chi connectivity index (χ1) is 13.5. The molecule has 1 aliphatic rings. The van der Waals surface area contributed by atoms with E-state index in [2.05, 4.69) is 27.7 Å². The topological polar surface area (TPSA) is 70.7 Å². The van der Waals surface area contributed by atoms with Crippen molar-refractivity contribution < 1.29 is 14.3 Å². The van der Waals surface area contributed by atoms with Crippen LogP contribution in [0.15, 0.2) is 65.9 Å². The van der Waals surface area contributed by atoms with Gasteiger partial charge in [0.2, 0.25) is 0 Å². The molecule has 3 rings (SSSR count). The Morgan fingerprint density at radius 2 is 1.79 bits per heavy atom. The van der Waals surface area contributed by atoms with Gasteiger partial charge in [-0.15, -0.1) is 0 Å². The first kappa shape index (κ1) is 19.5. The first-order valence-corrected chi connectivity index (χ1v) is 9.30. The van der Waals surface area contributed by atoms with E-state index in [1.807, 2.05) is 49.5 Å². The smallest absolute Gasteiger partial charge is 0.338 e. The molecule has 0 bridgehead atoms. The van der Waals surface area contributed by atoms with Crippen molar-refractivity contribution >= 4 is 17.7 Å². The molecule has 1 atom stereocenters. The van der Waals surface area contributed by atoms with E-state index in [1.165, 1.54) is 5.56 Å². The lowest BCUT2D eigenvalue weighted by atomic mass is 9.95. The summed E-state index contributed by atoms with van der Waals surface area (Å²) in [6.45, 7) is 4.53. The molecule has 2 amide bonds. The predicted octanol–water partition coefficient (Wildman–Crippen LogP) is 3.51. The highest BCUT2D eigenvalue weighted by molar-refractivity contribution is 5.95. The van der Waals surface area contributed by atoms with E-state index in [0.29, 0.717) is 11.3 Å². The molecule has 1 heterocycles. The summed E-state index contributed by atoms with van der Waals surface area (Å²) < 4.78 is 5.17. The monoisotopic (exact) mass is 379 g/mol. The van der Waals surface area contributed by atoms with Crippen LogP contribution in [-0.4, -0.2) is 25.7 Å². The number of ether oxygens (including phenoxy) is 1. The maximum absolute atomic E-state index is 12.4. The zero-order chi connectivity index (χ0) is 20.1. The van der Waals surface area contributed by atoms with E-state index in [1.54, 1.807) is 13.8 Å². The molecule has 6 heteroatoms. The third kappa shape index (κ3) is 4.34. The SMILES string of the molecule is CCOC(=O)C1=C(C)NC(=O)NC1c1ccc(N(C)Cc2ccccc2)cc1. The number of nitrogens with zero attached hydrogens (tertiary/aromatic N) is 1. The fourth-order valence-corrected chi connectivity index (χ4v) is 3.29. The minimum Gasteiger partial charge on any atom is -0.463 e. The number of allylic oxidation sites excluding steroid dienone is 1. The first-order valence-electron chi connectivity index (χ1n) is 9.30. The van der Waals surface area contributed by atoms with Crippen molar-refractivity contribution in [2.75, 3.05) is 18.6 Å². The van der Waals surface area contributed by atoms with E-state index < -0.39 is 12.0 Å². The van der Waals surface area contributed by atoms with Crippen molar-refractivity contribution in [1.29, 1.82) is 0 Å². The van der Waals surface area contributed by atoms with Gasteiger partial charge in [0.1, 0.15) is 0 Å². The van der Waals surface area contributed by atoms with Gasteiger partial charge in [-0.3, -0.25) is 0 Å². The number of nitrogens with one attached hydrogen (secondary N) is 2. The number of hydrogen-bond donors (Lipinski definition) is 2. The minimum atomic E-state index is -0.540. The van der Waals surface area contributed by atoms with E-state index in [0.717, 1.165) is 17.8 Å². The number of carbonyl (C=O) groups excluding carboxylic acids is 2. The summed E-state index contributed by atoms with van der Waals surface area (Å²) >= 11 is 0. The predicted molar refractivity (Wildman–Crippen MR) is 109 cm³/mol. The normalized spacial score (nSPS) is 16.2. The van der Waals surface area contributed by atoms with Crippen molar-refractivity contribution in [2.24, 2.45) is 0 Å². The van der Waals surface area contributed by atoms with E-state index in [4.69, 9.17) is 4.74 Å². The highest BCUT2D eigenvalue weighted by Gasteiger charge is 2.32. The van der Waals surface area contributed by atoms with Crippen LogP contribution in [0.5, 0.6) is 0 Å². The summed E-state index contributed by atoms with van der Waals surface area (Å²) in [5.41, 5.74) is 4.03. The molecule has 28 heavy (non-hydrogen) atoms. The Morgan fingerprint density at radius 3 is 2.43 bits per heavy atom. The average Bonchev–Trinajstić information content (AvgIpc) is 2.68. The van der Waals surface area contributed by atoms with Crippen LogP contribution in [0.4, 0.5) is 10.5 Å². The van der Waals surface area contributed by atoms with Crippen LogP contribution in [-0.2, 0) is 16.1 Å². The van der Waals surface area contributed by atoms with Crippen LogP contribution < -0.4 is 15.5 Å². The number of anilines is 1. The van der Waals surface area contributed by atoms with Gasteiger partial charge in [0.05, 0.1) is 18.2 Å². The average molecular weight is 379 g/mol. The van der Waals surface area contributed by atoms with E-state index in [-0.39, 0.29) is 12.6 Å². The summed E-state index contributed by atoms with van der Waals surface area (Å²) in [6.07, 6.45) is 0. The number of amides is 2. The minimum absolute atomic E-state index is 0.277. The van der Waals surface area contributed by atoms with Crippen molar-refractivity contribution in [3.05, 3.63) is 77.0 Å². The highest BCUT2D eigenvalue weighted by Crippen LogP contribution is 2.29. The van der Waals surface area contributed by atoms with Gasteiger partial charge in [-0.25, -0.2) is 9.59 Å². The molecule has 0 radical (unpaired) electrons. The fourth-order valence-electron chi connectivity index (χ4n) is 3.29. The molecule has 0 aliphatic carbocycles. The molecule has 0 saturated carbocycles. The molecule has 0 aromatic heterocycles. The molecule has 1 aliphatic heterocycles. The largest absolute Gasteiger partial charge is 0.463 e.